The number of aromatic hydroxyl groups is 1. The molecule has 33 heavy (non-hydrogen) atoms. The van der Waals surface area contributed by atoms with E-state index in [2.05, 4.69) is 18.0 Å². The van der Waals surface area contributed by atoms with Crippen molar-refractivity contribution in [2.24, 2.45) is 0 Å². The highest BCUT2D eigenvalue weighted by Crippen LogP contribution is 2.44. The van der Waals surface area contributed by atoms with E-state index in [1.165, 1.54) is 24.2 Å². The van der Waals surface area contributed by atoms with Gasteiger partial charge in [-0.25, -0.2) is 4.79 Å². The predicted molar refractivity (Wildman–Crippen MR) is 128 cm³/mol. The zero-order chi connectivity index (χ0) is 22.9. The van der Waals surface area contributed by atoms with Gasteiger partial charge in [0, 0.05) is 29.6 Å². The molecule has 3 aromatic rings. The van der Waals surface area contributed by atoms with Gasteiger partial charge in [-0.05, 0) is 35.7 Å². The fourth-order valence-electron chi connectivity index (χ4n) is 5.43. The first kappa shape index (κ1) is 21.6. The average molecular weight is 446 g/mol. The number of fused-ring (bicyclic) bond motifs is 4. The van der Waals surface area contributed by atoms with Gasteiger partial charge >= 0.3 is 6.03 Å². The summed E-state index contributed by atoms with van der Waals surface area (Å²) >= 11 is 0. The number of aromatic nitrogens is 1. The van der Waals surface area contributed by atoms with Crippen LogP contribution in [0.15, 0.2) is 48.5 Å². The monoisotopic (exact) mass is 445 g/mol. The SMILES string of the molecule is CCCCCCCCN1C(=O)[C@@H]2Cc3c([nH]c4ccccc34)[C@@H](c3cccc(O)c3)N2C1=O. The highest BCUT2D eigenvalue weighted by molar-refractivity contribution is 6.05. The molecular formula is C27H31N3O3. The Balaban J connectivity index is 1.48. The third-order valence-electron chi connectivity index (χ3n) is 7.06. The predicted octanol–water partition coefficient (Wildman–Crippen LogP) is 5.51. The Morgan fingerprint density at radius 1 is 1.00 bits per heavy atom. The molecule has 5 rings (SSSR count). The molecule has 0 aliphatic carbocycles. The number of unbranched alkanes of at least 4 members (excludes halogenated alkanes) is 5. The Kier molecular flexibility index (Phi) is 5.83. The fourth-order valence-corrected chi connectivity index (χ4v) is 5.43. The zero-order valence-corrected chi connectivity index (χ0v) is 19.1. The second-order valence-electron chi connectivity index (χ2n) is 9.23. The van der Waals surface area contributed by atoms with Crippen molar-refractivity contribution < 1.29 is 14.7 Å². The summed E-state index contributed by atoms with van der Waals surface area (Å²) in [6.07, 6.45) is 7.15. The van der Waals surface area contributed by atoms with Crippen LogP contribution in [0.2, 0.25) is 0 Å². The molecule has 2 N–H and O–H groups in total. The van der Waals surface area contributed by atoms with Crippen LogP contribution in [0.3, 0.4) is 0 Å². The topological polar surface area (TPSA) is 76.6 Å². The molecule has 0 unspecified atom stereocenters. The number of nitrogens with zero attached hydrogens (tertiary/aromatic N) is 2. The number of hydrogen-bond donors (Lipinski definition) is 2. The second-order valence-corrected chi connectivity index (χ2v) is 9.23. The lowest BCUT2D eigenvalue weighted by molar-refractivity contribution is -0.128. The van der Waals surface area contributed by atoms with Crippen LogP contribution in [-0.2, 0) is 11.2 Å². The van der Waals surface area contributed by atoms with Crippen LogP contribution in [0.1, 0.15) is 68.3 Å². The smallest absolute Gasteiger partial charge is 0.328 e. The maximum Gasteiger partial charge on any atom is 0.328 e. The molecular weight excluding hydrogens is 414 g/mol. The van der Waals surface area contributed by atoms with Gasteiger partial charge in [0.2, 0.25) is 0 Å². The van der Waals surface area contributed by atoms with Crippen molar-refractivity contribution in [1.82, 2.24) is 14.8 Å². The Hall–Kier alpha value is -3.28. The molecule has 0 radical (unpaired) electrons. The number of nitrogens with one attached hydrogen (secondary N) is 1. The number of carbonyl (C=O) groups is 2. The maximum absolute atomic E-state index is 13.6. The molecule has 6 nitrogen and oxygen atoms in total. The number of carbonyl (C=O) groups excluding carboxylic acids is 2. The molecule has 2 aliphatic heterocycles. The molecule has 1 aromatic heterocycles. The van der Waals surface area contributed by atoms with E-state index < -0.39 is 12.1 Å². The van der Waals surface area contributed by atoms with Crippen LogP contribution in [-0.4, -0.2) is 44.4 Å². The number of urea groups is 1. The molecule has 3 amide bonds. The van der Waals surface area contributed by atoms with Crippen molar-refractivity contribution in [1.29, 1.82) is 0 Å². The van der Waals surface area contributed by atoms with Crippen molar-refractivity contribution in [3.05, 3.63) is 65.4 Å². The summed E-state index contributed by atoms with van der Waals surface area (Å²) in [7, 11) is 0. The van der Waals surface area contributed by atoms with Crippen LogP contribution < -0.4 is 0 Å². The van der Waals surface area contributed by atoms with E-state index in [0.29, 0.717) is 13.0 Å². The molecule has 2 aliphatic rings. The minimum Gasteiger partial charge on any atom is -0.508 e. The first-order valence-corrected chi connectivity index (χ1v) is 12.1. The number of phenols is 1. The standard InChI is InChI=1S/C27H31N3O3/c1-2-3-4-5-6-9-15-29-26(32)23-17-21-20-13-7-8-14-22(20)28-24(21)25(30(23)27(29)33)18-11-10-12-19(31)16-18/h7-8,10-14,16,23,25,28,31H,2-6,9,15,17H2,1H3/t23-,25+/m0/s1. The van der Waals surface area contributed by atoms with Gasteiger partial charge in [-0.1, -0.05) is 69.4 Å². The van der Waals surface area contributed by atoms with Crippen molar-refractivity contribution in [3.63, 3.8) is 0 Å². The van der Waals surface area contributed by atoms with E-state index in [4.69, 9.17) is 0 Å². The Bertz CT molecular complexity index is 1180. The van der Waals surface area contributed by atoms with E-state index in [-0.39, 0.29) is 17.7 Å². The molecule has 172 valence electrons. The van der Waals surface area contributed by atoms with E-state index >= 15 is 0 Å². The Morgan fingerprint density at radius 2 is 1.79 bits per heavy atom. The quantitative estimate of drug-likeness (QED) is 0.354. The number of aromatic amines is 1. The molecule has 2 atom stereocenters. The summed E-state index contributed by atoms with van der Waals surface area (Å²) in [6, 6.07) is 13.9. The Morgan fingerprint density at radius 3 is 2.61 bits per heavy atom. The van der Waals surface area contributed by atoms with Gasteiger partial charge in [-0.15, -0.1) is 0 Å². The van der Waals surface area contributed by atoms with E-state index in [9.17, 15) is 14.7 Å². The molecule has 1 fully saturated rings. The number of imide groups is 1. The van der Waals surface area contributed by atoms with Crippen LogP contribution in [0.5, 0.6) is 5.75 Å². The molecule has 0 spiro atoms. The summed E-state index contributed by atoms with van der Waals surface area (Å²) in [5, 5.41) is 11.2. The second kappa shape index (κ2) is 8.93. The lowest BCUT2D eigenvalue weighted by atomic mass is 9.89. The minimum absolute atomic E-state index is 0.102. The van der Waals surface area contributed by atoms with Crippen LogP contribution in [0, 0.1) is 0 Å². The summed E-state index contributed by atoms with van der Waals surface area (Å²) in [6.45, 7) is 2.66. The fraction of sp³-hybridized carbons (Fsp3) is 0.407. The number of amides is 3. The van der Waals surface area contributed by atoms with Crippen LogP contribution in [0.25, 0.3) is 10.9 Å². The Labute approximate surface area is 194 Å². The minimum atomic E-state index is -0.517. The van der Waals surface area contributed by atoms with E-state index in [1.807, 2.05) is 24.3 Å². The summed E-state index contributed by atoms with van der Waals surface area (Å²) in [5.74, 6) is 0.0452. The third-order valence-corrected chi connectivity index (χ3v) is 7.06. The molecule has 6 heteroatoms. The van der Waals surface area contributed by atoms with Crippen molar-refractivity contribution in [2.75, 3.05) is 6.54 Å². The number of H-pyrrole nitrogens is 1. The van der Waals surface area contributed by atoms with Gasteiger partial charge in [0.05, 0.1) is 0 Å². The van der Waals surface area contributed by atoms with Crippen LogP contribution >= 0.6 is 0 Å². The molecule has 0 bridgehead atoms. The summed E-state index contributed by atoms with van der Waals surface area (Å²) < 4.78 is 0. The van der Waals surface area contributed by atoms with Gasteiger partial charge in [-0.3, -0.25) is 14.6 Å². The number of benzene rings is 2. The van der Waals surface area contributed by atoms with Crippen molar-refractivity contribution in [2.45, 2.75) is 64.0 Å². The normalized spacial score (nSPS) is 19.9. The van der Waals surface area contributed by atoms with Gasteiger partial charge in [0.25, 0.3) is 5.91 Å². The molecule has 2 aromatic carbocycles. The maximum atomic E-state index is 13.6. The lowest BCUT2D eigenvalue weighted by Crippen LogP contribution is -2.44. The van der Waals surface area contributed by atoms with E-state index in [1.54, 1.807) is 23.1 Å². The first-order chi connectivity index (χ1) is 16.1. The largest absolute Gasteiger partial charge is 0.508 e. The molecule has 1 saturated heterocycles. The number of para-hydroxylation sites is 1. The van der Waals surface area contributed by atoms with Gasteiger partial charge in [-0.2, -0.15) is 0 Å². The molecule has 3 heterocycles. The first-order valence-electron chi connectivity index (χ1n) is 12.1. The zero-order valence-electron chi connectivity index (χ0n) is 19.1. The van der Waals surface area contributed by atoms with E-state index in [0.717, 1.165) is 47.0 Å². The highest BCUT2D eigenvalue weighted by atomic mass is 16.3. The van der Waals surface area contributed by atoms with Gasteiger partial charge < -0.3 is 10.1 Å². The number of hydrogen-bond acceptors (Lipinski definition) is 3. The average Bonchev–Trinajstić information content (AvgIpc) is 3.30. The third kappa shape index (κ3) is 3.77. The molecule has 0 saturated carbocycles. The summed E-state index contributed by atoms with van der Waals surface area (Å²) in [4.78, 5) is 33.7. The van der Waals surface area contributed by atoms with Crippen molar-refractivity contribution in [3.8, 4) is 5.75 Å². The highest BCUT2D eigenvalue weighted by Gasteiger charge is 2.52. The van der Waals surface area contributed by atoms with Gasteiger partial charge in [0.1, 0.15) is 17.8 Å². The number of phenolic OH excluding ortho intramolecular Hbond substituents is 1. The van der Waals surface area contributed by atoms with Crippen LogP contribution in [0.4, 0.5) is 4.79 Å². The number of rotatable bonds is 8. The summed E-state index contributed by atoms with van der Waals surface area (Å²) in [5.41, 5.74) is 3.82. The lowest BCUT2D eigenvalue weighted by Gasteiger charge is -2.36. The van der Waals surface area contributed by atoms with Crippen molar-refractivity contribution >= 4 is 22.8 Å². The van der Waals surface area contributed by atoms with Gasteiger partial charge in [0.15, 0.2) is 0 Å².